The quantitative estimate of drug-likeness (QED) is 0.0751. The first-order valence-electron chi connectivity index (χ1n) is 14.9. The Morgan fingerprint density at radius 3 is 1.88 bits per heavy atom. The Balaban J connectivity index is 1.52. The van der Waals surface area contributed by atoms with Crippen LogP contribution in [0.4, 0.5) is 0 Å². The number of rotatable bonds is 14. The molecule has 0 bridgehead atoms. The molecule has 0 spiro atoms. The molecule has 4 aliphatic rings. The molecule has 22 nitrogen and oxygen atoms in total. The summed E-state index contributed by atoms with van der Waals surface area (Å²) in [6.45, 7) is -0.343. The molecular formula is C26H42N2O20. The van der Waals surface area contributed by atoms with Crippen molar-refractivity contribution in [3.63, 3.8) is 0 Å². The average molecular weight is 703 g/mol. The molecule has 0 aromatic carbocycles. The number of nitrogens with one attached hydrogen (secondary N) is 1. The maximum absolute atomic E-state index is 12.1. The van der Waals surface area contributed by atoms with E-state index in [2.05, 4.69) is 10.1 Å². The van der Waals surface area contributed by atoms with Crippen molar-refractivity contribution in [1.29, 1.82) is 0 Å². The van der Waals surface area contributed by atoms with E-state index in [1.165, 1.54) is 0 Å². The zero-order valence-electron chi connectivity index (χ0n) is 25.4. The minimum atomic E-state index is -1.97. The van der Waals surface area contributed by atoms with Gasteiger partial charge in [0.05, 0.1) is 25.4 Å². The van der Waals surface area contributed by atoms with Crippen LogP contribution in [-0.4, -0.2) is 190 Å². The first-order chi connectivity index (χ1) is 22.9. The van der Waals surface area contributed by atoms with E-state index in [9.17, 15) is 55.2 Å². The van der Waals surface area contributed by atoms with Crippen molar-refractivity contribution in [3.05, 3.63) is 0 Å². The van der Waals surface area contributed by atoms with Crippen molar-refractivity contribution in [2.24, 2.45) is 5.73 Å². The van der Waals surface area contributed by atoms with E-state index in [0.717, 1.165) is 6.92 Å². The number of aliphatic hydroxyl groups excluding tert-OH is 8. The van der Waals surface area contributed by atoms with E-state index in [0.29, 0.717) is 0 Å². The van der Waals surface area contributed by atoms with E-state index in [1.807, 2.05) is 0 Å². The maximum atomic E-state index is 12.1. The van der Waals surface area contributed by atoms with Gasteiger partial charge in [-0.1, -0.05) is 0 Å². The molecule has 0 radical (unpaired) electrons. The van der Waals surface area contributed by atoms with Gasteiger partial charge in [0, 0.05) is 19.9 Å². The number of amides is 1. The third-order valence-corrected chi connectivity index (χ3v) is 8.24. The molecular weight excluding hydrogens is 660 g/mol. The lowest BCUT2D eigenvalue weighted by Gasteiger charge is -2.49. The second kappa shape index (κ2) is 17.1. The van der Waals surface area contributed by atoms with Crippen LogP contribution in [0.3, 0.4) is 0 Å². The summed E-state index contributed by atoms with van der Waals surface area (Å²) in [4.78, 5) is 34.3. The number of ether oxygens (including phenoxy) is 9. The highest BCUT2D eigenvalue weighted by atomic mass is 16.8. The Kier molecular flexibility index (Phi) is 13.8. The Bertz CT molecular complexity index is 1060. The van der Waals surface area contributed by atoms with Crippen LogP contribution in [0.5, 0.6) is 0 Å². The van der Waals surface area contributed by atoms with E-state index in [4.69, 9.17) is 43.6 Å². The van der Waals surface area contributed by atoms with Gasteiger partial charge in [0.1, 0.15) is 61.0 Å². The summed E-state index contributed by atoms with van der Waals surface area (Å²) in [6, 6.07) is -1.60. The van der Waals surface area contributed by atoms with Crippen molar-refractivity contribution in [3.8, 4) is 0 Å². The fourth-order valence-electron chi connectivity index (χ4n) is 5.80. The summed E-state index contributed by atoms with van der Waals surface area (Å²) in [5.74, 6) is -0.743. The van der Waals surface area contributed by atoms with Gasteiger partial charge in [0.2, 0.25) is 18.5 Å². The van der Waals surface area contributed by atoms with Gasteiger partial charge in [-0.3, -0.25) is 14.4 Å². The summed E-state index contributed by atoms with van der Waals surface area (Å²) in [7, 11) is 0. The summed E-state index contributed by atoms with van der Waals surface area (Å²) >= 11 is 0. The summed E-state index contributed by atoms with van der Waals surface area (Å²) in [6.07, 6.45) is -27.4. The highest BCUT2D eigenvalue weighted by Gasteiger charge is 2.55. The molecule has 18 atom stereocenters. The van der Waals surface area contributed by atoms with Crippen LogP contribution in [0.2, 0.25) is 0 Å². The van der Waals surface area contributed by atoms with Gasteiger partial charge in [-0.15, -0.1) is 0 Å². The summed E-state index contributed by atoms with van der Waals surface area (Å²) in [5.41, 5.74) is 5.63. The number of aliphatic hydroxyl groups is 8. The van der Waals surface area contributed by atoms with Crippen molar-refractivity contribution in [2.75, 3.05) is 19.8 Å². The predicted molar refractivity (Wildman–Crippen MR) is 145 cm³/mol. The molecule has 4 aliphatic heterocycles. The van der Waals surface area contributed by atoms with Gasteiger partial charge in [-0.05, 0) is 0 Å². The van der Waals surface area contributed by atoms with Gasteiger partial charge in [-0.2, -0.15) is 0 Å². The molecule has 8 unspecified atom stereocenters. The first-order valence-corrected chi connectivity index (χ1v) is 14.9. The molecule has 4 fully saturated rings. The molecule has 4 saturated heterocycles. The first kappa shape index (κ1) is 38.6. The van der Waals surface area contributed by atoms with E-state index < -0.39 is 130 Å². The molecule has 4 rings (SSSR count). The van der Waals surface area contributed by atoms with Gasteiger partial charge in [0.25, 0.3) is 12.9 Å². The fraction of sp³-hybridized carbons (Fsp3) is 0.885. The molecule has 0 aromatic rings. The molecule has 1 amide bonds. The number of carbonyl (C=O) groups excluding carboxylic acids is 3. The van der Waals surface area contributed by atoms with Crippen LogP contribution in [0, 0.1) is 0 Å². The highest BCUT2D eigenvalue weighted by Crippen LogP contribution is 2.34. The zero-order valence-corrected chi connectivity index (χ0v) is 25.4. The number of nitrogens with two attached hydrogens (primary N) is 1. The van der Waals surface area contributed by atoms with Gasteiger partial charge >= 0.3 is 0 Å². The van der Waals surface area contributed by atoms with Crippen LogP contribution < -0.4 is 11.1 Å². The minimum absolute atomic E-state index is 0.0487. The topological polar surface area (TPSA) is 334 Å². The lowest BCUT2D eigenvalue weighted by molar-refractivity contribution is -0.391. The fourth-order valence-corrected chi connectivity index (χ4v) is 5.80. The van der Waals surface area contributed by atoms with Crippen LogP contribution in [0.25, 0.3) is 0 Å². The third-order valence-electron chi connectivity index (χ3n) is 8.24. The van der Waals surface area contributed by atoms with Crippen LogP contribution in [0.15, 0.2) is 0 Å². The molecule has 4 heterocycles. The Morgan fingerprint density at radius 1 is 0.708 bits per heavy atom. The summed E-state index contributed by atoms with van der Waals surface area (Å²) < 4.78 is 48.7. The monoisotopic (exact) mass is 702 g/mol. The van der Waals surface area contributed by atoms with Crippen molar-refractivity contribution >= 4 is 18.9 Å². The second-order valence-electron chi connectivity index (χ2n) is 11.4. The normalized spacial score (nSPS) is 46.5. The molecule has 276 valence electrons. The van der Waals surface area contributed by atoms with E-state index in [-0.39, 0.29) is 25.9 Å². The number of carbonyl (C=O) groups is 3. The van der Waals surface area contributed by atoms with Gasteiger partial charge in [0.15, 0.2) is 25.0 Å². The zero-order chi connectivity index (χ0) is 35.3. The van der Waals surface area contributed by atoms with Crippen molar-refractivity contribution in [1.82, 2.24) is 5.32 Å². The van der Waals surface area contributed by atoms with Crippen LogP contribution >= 0.6 is 0 Å². The smallest absolute Gasteiger partial charge is 0.295 e. The minimum Gasteiger partial charge on any atom is -0.435 e. The number of hydrogen-bond donors (Lipinski definition) is 10. The lowest BCUT2D eigenvalue weighted by atomic mass is 9.95. The highest BCUT2D eigenvalue weighted by molar-refractivity contribution is 5.73. The standard InChI is InChI=1S/C26H42N2O20/c1-8(33)28-13-14(34)20(45-25-18(38)15(35)17(37)23(47-25)40-6-31)12(5-30)44-22(13)46-21-16(36)19(39)24(48-26(21)41-7-32)43-10-2-9(3-27)42-11(10)4-29/h6-7,9-26,29-30,34-39H,2-5,27H2,1H3,(H,28,33)/t9?,10-,11?,12?,13?,14+,15-,16+,17-,18?,19?,20+,21-,22+,23?,24+,25+,26?/m0/s1. The van der Waals surface area contributed by atoms with E-state index in [1.54, 1.807) is 0 Å². The van der Waals surface area contributed by atoms with Gasteiger partial charge in [-0.25, -0.2) is 0 Å². The maximum Gasteiger partial charge on any atom is 0.295 e. The van der Waals surface area contributed by atoms with Gasteiger partial charge < -0.3 is 94.5 Å². The molecule has 0 saturated carbocycles. The Labute approximate surface area is 272 Å². The molecule has 48 heavy (non-hydrogen) atoms. The third kappa shape index (κ3) is 8.38. The van der Waals surface area contributed by atoms with E-state index >= 15 is 0 Å². The molecule has 22 heteroatoms. The molecule has 0 aliphatic carbocycles. The lowest BCUT2D eigenvalue weighted by Crippen LogP contribution is -2.69. The average Bonchev–Trinajstić information content (AvgIpc) is 3.47. The number of hydrogen-bond acceptors (Lipinski definition) is 21. The molecule has 0 aromatic heterocycles. The SMILES string of the molecule is CC(=O)NC1[C@@H](O[C@@H]2C(OC=O)O[C@@H](O[C@H]3CC(CN)OC3CO)C(O)[C@H]2O)OC(CO)[C@@H](O[C@@H]2OC(OC=O)[C@@H](O)[C@H](O)C2O)[C@@H]1O. The Morgan fingerprint density at radius 2 is 1.27 bits per heavy atom. The second-order valence-corrected chi connectivity index (χ2v) is 11.4. The summed E-state index contributed by atoms with van der Waals surface area (Å²) in [5, 5.41) is 86.0. The van der Waals surface area contributed by atoms with Crippen LogP contribution in [-0.2, 0) is 57.0 Å². The van der Waals surface area contributed by atoms with Crippen LogP contribution in [0.1, 0.15) is 13.3 Å². The Hall–Kier alpha value is -2.23. The largest absolute Gasteiger partial charge is 0.435 e. The van der Waals surface area contributed by atoms with Crippen molar-refractivity contribution in [2.45, 2.75) is 124 Å². The predicted octanol–water partition coefficient (Wildman–Crippen LogP) is -7.65. The molecule has 11 N–H and O–H groups in total. The van der Waals surface area contributed by atoms with Crippen molar-refractivity contribution < 1.29 is 97.9 Å².